The second kappa shape index (κ2) is 5.71. The fraction of sp³-hybridized carbons (Fsp3) is 0.385. The molecular weight excluding hydrogens is 246 g/mol. The van der Waals surface area contributed by atoms with Crippen molar-refractivity contribution < 1.29 is 14.7 Å². The molecule has 1 aromatic rings. The molecule has 2 amide bonds. The van der Waals surface area contributed by atoms with Gasteiger partial charge in [-0.25, -0.2) is 0 Å². The number of aliphatic hydroxyl groups is 1. The van der Waals surface area contributed by atoms with Crippen molar-refractivity contribution in [1.82, 2.24) is 5.32 Å². The Kier molecular flexibility index (Phi) is 4.01. The van der Waals surface area contributed by atoms with Gasteiger partial charge in [0, 0.05) is 17.8 Å². The minimum Gasteiger partial charge on any atom is -0.385 e. The molecule has 19 heavy (non-hydrogen) atoms. The number of hydrogen-bond donors (Lipinski definition) is 4. The number of anilines is 1. The molecule has 6 nitrogen and oxygen atoms in total. The normalized spacial score (nSPS) is 15.0. The lowest BCUT2D eigenvalue weighted by Crippen LogP contribution is -2.40. The van der Waals surface area contributed by atoms with Crippen LogP contribution < -0.4 is 16.4 Å². The Labute approximate surface area is 111 Å². The van der Waals surface area contributed by atoms with E-state index in [0.717, 1.165) is 30.6 Å². The van der Waals surface area contributed by atoms with Crippen LogP contribution in [0.4, 0.5) is 5.69 Å². The Hall–Kier alpha value is -2.08. The average Bonchev–Trinajstić information content (AvgIpc) is 2.43. The van der Waals surface area contributed by atoms with E-state index in [9.17, 15) is 14.7 Å². The molecule has 0 aliphatic carbocycles. The van der Waals surface area contributed by atoms with E-state index in [-0.39, 0.29) is 12.5 Å². The summed E-state index contributed by atoms with van der Waals surface area (Å²) in [5.41, 5.74) is 7.43. The summed E-state index contributed by atoms with van der Waals surface area (Å²) in [5.74, 6) is -1.15. The van der Waals surface area contributed by atoms with E-state index in [1.807, 2.05) is 6.07 Å². The molecule has 0 spiro atoms. The van der Waals surface area contributed by atoms with Crippen LogP contribution in [0.5, 0.6) is 0 Å². The van der Waals surface area contributed by atoms with E-state index in [1.54, 1.807) is 12.1 Å². The topological polar surface area (TPSA) is 104 Å². The summed E-state index contributed by atoms with van der Waals surface area (Å²) in [6.07, 6.45) is 0.451. The van der Waals surface area contributed by atoms with Crippen molar-refractivity contribution in [1.29, 1.82) is 0 Å². The molecule has 5 N–H and O–H groups in total. The number of hydrogen-bond acceptors (Lipinski definition) is 4. The first-order valence-electron chi connectivity index (χ1n) is 6.21. The van der Waals surface area contributed by atoms with Crippen molar-refractivity contribution in [3.05, 3.63) is 29.3 Å². The molecule has 0 bridgehead atoms. The molecule has 1 atom stereocenters. The van der Waals surface area contributed by atoms with Gasteiger partial charge in [0.1, 0.15) is 6.10 Å². The van der Waals surface area contributed by atoms with Crippen LogP contribution in [0.1, 0.15) is 22.3 Å². The number of carbonyl (C=O) groups is 2. The Bertz CT molecular complexity index is 502. The van der Waals surface area contributed by atoms with Gasteiger partial charge in [0.2, 0.25) is 5.91 Å². The molecular formula is C13H17N3O3. The molecule has 6 heteroatoms. The maximum absolute atomic E-state index is 12.0. The third kappa shape index (κ3) is 3.03. The van der Waals surface area contributed by atoms with Gasteiger partial charge in [-0.05, 0) is 30.5 Å². The fourth-order valence-electron chi connectivity index (χ4n) is 2.11. The highest BCUT2D eigenvalue weighted by Crippen LogP contribution is 2.25. The SMILES string of the molecule is NC(=O)C(O)CNC(=O)c1cccc2c1CCCN2. The van der Waals surface area contributed by atoms with Crippen molar-refractivity contribution >= 4 is 17.5 Å². The van der Waals surface area contributed by atoms with E-state index in [0.29, 0.717) is 5.56 Å². The van der Waals surface area contributed by atoms with Crippen molar-refractivity contribution in [3.63, 3.8) is 0 Å². The Morgan fingerprint density at radius 1 is 1.47 bits per heavy atom. The first kappa shape index (κ1) is 13.4. The highest BCUT2D eigenvalue weighted by molar-refractivity contribution is 5.97. The zero-order valence-electron chi connectivity index (χ0n) is 10.5. The number of benzene rings is 1. The standard InChI is InChI=1S/C13H17N3O3/c14-12(18)11(17)7-16-13(19)9-3-1-5-10-8(9)4-2-6-15-10/h1,3,5,11,15,17H,2,4,6-7H2,(H2,14,18)(H,16,19). The summed E-state index contributed by atoms with van der Waals surface area (Å²) in [5, 5.41) is 15.0. The lowest BCUT2D eigenvalue weighted by Gasteiger charge is -2.20. The maximum atomic E-state index is 12.0. The Balaban J connectivity index is 2.09. The van der Waals surface area contributed by atoms with Crippen LogP contribution in [0.2, 0.25) is 0 Å². The Morgan fingerprint density at radius 3 is 3.00 bits per heavy atom. The molecule has 0 radical (unpaired) electrons. The zero-order chi connectivity index (χ0) is 13.8. The van der Waals surface area contributed by atoms with Crippen molar-refractivity contribution in [3.8, 4) is 0 Å². The highest BCUT2D eigenvalue weighted by atomic mass is 16.3. The van der Waals surface area contributed by atoms with Crippen LogP contribution in [0.25, 0.3) is 0 Å². The van der Waals surface area contributed by atoms with Crippen molar-refractivity contribution in [2.24, 2.45) is 5.73 Å². The first-order valence-corrected chi connectivity index (χ1v) is 6.21. The molecule has 1 aromatic carbocycles. The van der Waals surface area contributed by atoms with Crippen LogP contribution in [-0.4, -0.2) is 36.1 Å². The van der Waals surface area contributed by atoms with Gasteiger partial charge >= 0.3 is 0 Å². The lowest BCUT2D eigenvalue weighted by atomic mass is 9.97. The second-order valence-electron chi connectivity index (χ2n) is 4.49. The third-order valence-electron chi connectivity index (χ3n) is 3.12. The van der Waals surface area contributed by atoms with E-state index in [2.05, 4.69) is 10.6 Å². The van der Waals surface area contributed by atoms with Gasteiger partial charge in [-0.2, -0.15) is 0 Å². The third-order valence-corrected chi connectivity index (χ3v) is 3.12. The van der Waals surface area contributed by atoms with Crippen molar-refractivity contribution in [2.45, 2.75) is 18.9 Å². The predicted molar refractivity (Wildman–Crippen MR) is 70.8 cm³/mol. The minimum absolute atomic E-state index is 0.175. The van der Waals surface area contributed by atoms with Crippen LogP contribution in [-0.2, 0) is 11.2 Å². The van der Waals surface area contributed by atoms with Crippen molar-refractivity contribution in [2.75, 3.05) is 18.4 Å². The number of nitrogens with two attached hydrogens (primary N) is 1. The Morgan fingerprint density at radius 2 is 2.26 bits per heavy atom. The summed E-state index contributed by atoms with van der Waals surface area (Å²) in [6, 6.07) is 5.47. The van der Waals surface area contributed by atoms with Crippen LogP contribution in [0.15, 0.2) is 18.2 Å². The second-order valence-corrected chi connectivity index (χ2v) is 4.49. The monoisotopic (exact) mass is 263 g/mol. The molecule has 1 heterocycles. The lowest BCUT2D eigenvalue weighted by molar-refractivity contribution is -0.125. The largest absolute Gasteiger partial charge is 0.385 e. The smallest absolute Gasteiger partial charge is 0.251 e. The van der Waals surface area contributed by atoms with E-state index in [4.69, 9.17) is 5.73 Å². The molecule has 0 aromatic heterocycles. The summed E-state index contributed by atoms with van der Waals surface area (Å²) in [7, 11) is 0. The van der Waals surface area contributed by atoms with E-state index in [1.165, 1.54) is 0 Å². The predicted octanol–water partition coefficient (Wildman–Crippen LogP) is -0.379. The minimum atomic E-state index is -1.36. The van der Waals surface area contributed by atoms with Gasteiger partial charge in [0.15, 0.2) is 0 Å². The van der Waals surface area contributed by atoms with Crippen LogP contribution >= 0.6 is 0 Å². The molecule has 2 rings (SSSR count). The summed E-state index contributed by atoms with van der Waals surface area (Å²) < 4.78 is 0. The van der Waals surface area contributed by atoms with Gasteiger partial charge in [0.25, 0.3) is 5.91 Å². The quantitative estimate of drug-likeness (QED) is 0.594. The highest BCUT2D eigenvalue weighted by Gasteiger charge is 2.18. The molecule has 1 aliphatic rings. The molecule has 0 saturated heterocycles. The number of carbonyl (C=O) groups excluding carboxylic acids is 2. The number of fused-ring (bicyclic) bond motifs is 1. The van der Waals surface area contributed by atoms with Gasteiger partial charge in [0.05, 0.1) is 6.54 Å². The van der Waals surface area contributed by atoms with E-state index >= 15 is 0 Å². The van der Waals surface area contributed by atoms with Gasteiger partial charge < -0.3 is 21.5 Å². The van der Waals surface area contributed by atoms with E-state index < -0.39 is 12.0 Å². The molecule has 1 aliphatic heterocycles. The summed E-state index contributed by atoms with van der Waals surface area (Å²) in [4.78, 5) is 22.7. The van der Waals surface area contributed by atoms with Crippen LogP contribution in [0, 0.1) is 0 Å². The average molecular weight is 263 g/mol. The molecule has 1 unspecified atom stereocenters. The van der Waals surface area contributed by atoms with Gasteiger partial charge in [-0.1, -0.05) is 6.07 Å². The maximum Gasteiger partial charge on any atom is 0.251 e. The van der Waals surface area contributed by atoms with Crippen LogP contribution in [0.3, 0.4) is 0 Å². The molecule has 0 saturated carbocycles. The number of rotatable bonds is 4. The summed E-state index contributed by atoms with van der Waals surface area (Å²) >= 11 is 0. The zero-order valence-corrected chi connectivity index (χ0v) is 10.5. The molecule has 102 valence electrons. The molecule has 0 fully saturated rings. The number of amides is 2. The summed E-state index contributed by atoms with van der Waals surface area (Å²) in [6.45, 7) is 0.726. The fourth-order valence-corrected chi connectivity index (χ4v) is 2.11. The van der Waals surface area contributed by atoms with Gasteiger partial charge in [-0.3, -0.25) is 9.59 Å². The first-order chi connectivity index (χ1) is 9.09. The van der Waals surface area contributed by atoms with Gasteiger partial charge in [-0.15, -0.1) is 0 Å². The number of aliphatic hydroxyl groups excluding tert-OH is 1. The number of nitrogens with one attached hydrogen (secondary N) is 2. The number of primary amides is 1.